The van der Waals surface area contributed by atoms with Gasteiger partial charge in [-0.25, -0.2) is 4.79 Å². The summed E-state index contributed by atoms with van der Waals surface area (Å²) in [7, 11) is 0. The van der Waals surface area contributed by atoms with Crippen molar-refractivity contribution < 1.29 is 13.7 Å². The van der Waals surface area contributed by atoms with Gasteiger partial charge < -0.3 is 13.7 Å². The molecule has 0 N–H and O–H groups in total. The fourth-order valence-corrected chi connectivity index (χ4v) is 2.44. The lowest BCUT2D eigenvalue weighted by atomic mass is 9.97. The van der Waals surface area contributed by atoms with Gasteiger partial charge in [0.1, 0.15) is 12.0 Å². The van der Waals surface area contributed by atoms with Crippen LogP contribution in [0.25, 0.3) is 5.69 Å². The highest BCUT2D eigenvalue weighted by Crippen LogP contribution is 2.33. The Bertz CT molecular complexity index is 908. The second kappa shape index (κ2) is 8.63. The van der Waals surface area contributed by atoms with Crippen LogP contribution >= 0.6 is 23.2 Å². The average Bonchev–Trinajstić information content (AvgIpc) is 3.22. The zero-order chi connectivity index (χ0) is 20.2. The predicted molar refractivity (Wildman–Crippen MR) is 103 cm³/mol. The van der Waals surface area contributed by atoms with Gasteiger partial charge in [0, 0.05) is 11.5 Å². The van der Waals surface area contributed by atoms with E-state index in [4.69, 9.17) is 32.4 Å². The molecule has 0 amide bonds. The van der Waals surface area contributed by atoms with E-state index in [1.807, 2.05) is 34.6 Å². The molecule has 27 heavy (non-hydrogen) atoms. The summed E-state index contributed by atoms with van der Waals surface area (Å²) in [6, 6.07) is 4.83. The van der Waals surface area contributed by atoms with Gasteiger partial charge in [-0.2, -0.15) is 4.68 Å². The molecule has 146 valence electrons. The Labute approximate surface area is 166 Å². The number of ether oxygens (including phenoxy) is 1. The maximum Gasteiger partial charge on any atom is 0.442 e. The summed E-state index contributed by atoms with van der Waals surface area (Å²) in [6.07, 6.45) is 3.03. The lowest BCUT2D eigenvalue weighted by Gasteiger charge is -2.13. The van der Waals surface area contributed by atoms with Crippen molar-refractivity contribution in [2.24, 2.45) is 0 Å². The first-order valence-corrected chi connectivity index (χ1v) is 8.96. The molecule has 3 rings (SSSR count). The summed E-state index contributed by atoms with van der Waals surface area (Å²) in [6.45, 7) is 9.47. The molecule has 9 heteroatoms. The Morgan fingerprint density at radius 2 is 1.89 bits per heavy atom. The molecule has 0 aliphatic carbocycles. The maximum atomic E-state index is 12.1. The number of aromatic nitrogens is 3. The van der Waals surface area contributed by atoms with Crippen molar-refractivity contribution in [3.8, 4) is 11.4 Å². The van der Waals surface area contributed by atoms with Crippen LogP contribution in [-0.4, -0.2) is 21.0 Å². The van der Waals surface area contributed by atoms with Crippen LogP contribution in [0.3, 0.4) is 0 Å². The molecule has 0 atom stereocenters. The molecule has 1 aromatic carbocycles. The van der Waals surface area contributed by atoms with Crippen molar-refractivity contribution >= 4 is 23.2 Å². The van der Waals surface area contributed by atoms with Crippen molar-refractivity contribution in [1.29, 1.82) is 0 Å². The smallest absolute Gasteiger partial charge is 0.442 e. The molecule has 0 fully saturated rings. The molecule has 0 spiro atoms. The Morgan fingerprint density at radius 1 is 1.19 bits per heavy atom. The molecule has 7 nitrogen and oxygen atoms in total. The highest BCUT2D eigenvalue weighted by atomic mass is 35.5. The van der Waals surface area contributed by atoms with Gasteiger partial charge in [-0.1, -0.05) is 49.1 Å². The highest BCUT2D eigenvalue weighted by molar-refractivity contribution is 6.36. The minimum Gasteiger partial charge on any atom is -0.489 e. The lowest BCUT2D eigenvalue weighted by Crippen LogP contribution is -2.15. The van der Waals surface area contributed by atoms with E-state index in [1.54, 1.807) is 18.3 Å². The largest absolute Gasteiger partial charge is 0.489 e. The summed E-state index contributed by atoms with van der Waals surface area (Å²) < 4.78 is 16.3. The minimum absolute atomic E-state index is 0.0642. The second-order valence-electron chi connectivity index (χ2n) is 6.92. The Balaban J connectivity index is 0.000000451. The minimum atomic E-state index is -0.607. The van der Waals surface area contributed by atoms with Gasteiger partial charge in [0.2, 0.25) is 5.89 Å². The SMILES string of the molecule is CC(C)Oc1cc(-n2nc(C(C)(C)C)oc2=O)c(Cl)cc1Cl.c1cnoc1. The summed E-state index contributed by atoms with van der Waals surface area (Å²) in [5, 5.41) is 8.22. The lowest BCUT2D eigenvalue weighted by molar-refractivity contribution is 0.242. The van der Waals surface area contributed by atoms with Crippen LogP contribution in [0.15, 0.2) is 44.4 Å². The number of rotatable bonds is 3. The number of nitrogens with zero attached hydrogens (tertiary/aromatic N) is 3. The van der Waals surface area contributed by atoms with Crippen LogP contribution in [0.2, 0.25) is 10.0 Å². The molecule has 0 aliphatic rings. The van der Waals surface area contributed by atoms with Crippen LogP contribution in [0.5, 0.6) is 5.75 Å². The molecular weight excluding hydrogens is 393 g/mol. The zero-order valence-electron chi connectivity index (χ0n) is 15.7. The van der Waals surface area contributed by atoms with Crippen molar-refractivity contribution in [2.75, 3.05) is 0 Å². The van der Waals surface area contributed by atoms with Gasteiger partial charge in [-0.05, 0) is 26.0 Å². The third-order valence-corrected chi connectivity index (χ3v) is 3.73. The molecule has 0 aliphatic heterocycles. The topological polar surface area (TPSA) is 83.3 Å². The van der Waals surface area contributed by atoms with Gasteiger partial charge >= 0.3 is 5.76 Å². The van der Waals surface area contributed by atoms with Crippen LogP contribution in [-0.2, 0) is 5.41 Å². The zero-order valence-corrected chi connectivity index (χ0v) is 17.2. The van der Waals surface area contributed by atoms with Crippen LogP contribution < -0.4 is 10.5 Å². The van der Waals surface area contributed by atoms with E-state index in [0.29, 0.717) is 22.4 Å². The van der Waals surface area contributed by atoms with Crippen molar-refractivity contribution in [3.05, 3.63) is 57.1 Å². The molecule has 0 saturated carbocycles. The fraction of sp³-hybridized carbons (Fsp3) is 0.389. The van der Waals surface area contributed by atoms with Crippen molar-refractivity contribution in [3.63, 3.8) is 0 Å². The third kappa shape index (κ3) is 5.61. The number of benzene rings is 1. The van der Waals surface area contributed by atoms with E-state index < -0.39 is 5.76 Å². The van der Waals surface area contributed by atoms with Crippen molar-refractivity contribution in [1.82, 2.24) is 14.9 Å². The molecule has 0 radical (unpaired) electrons. The van der Waals surface area contributed by atoms with Gasteiger partial charge in [-0.15, -0.1) is 5.10 Å². The third-order valence-electron chi connectivity index (χ3n) is 3.13. The van der Waals surface area contributed by atoms with Crippen LogP contribution in [0.1, 0.15) is 40.5 Å². The molecule has 2 heterocycles. The Morgan fingerprint density at radius 3 is 2.33 bits per heavy atom. The first-order chi connectivity index (χ1) is 12.6. The molecule has 3 aromatic rings. The van der Waals surface area contributed by atoms with E-state index in [9.17, 15) is 4.79 Å². The van der Waals surface area contributed by atoms with Gasteiger partial charge in [0.15, 0.2) is 0 Å². The Kier molecular flexibility index (Phi) is 6.73. The maximum absolute atomic E-state index is 12.1. The standard InChI is InChI=1S/C15H18Cl2N2O3.C3H3NO/c1-8(2)21-12-7-11(9(16)6-10(12)17)19-14(20)22-13(18-19)15(3,4)5;1-2-4-5-3-1/h6-8H,1-5H3;1-3H. The molecular formula is C18H21Cl2N3O4. The molecule has 2 aromatic heterocycles. The number of halogens is 2. The number of hydrogen-bond acceptors (Lipinski definition) is 6. The summed E-state index contributed by atoms with van der Waals surface area (Å²) >= 11 is 12.3. The number of hydrogen-bond donors (Lipinski definition) is 0. The second-order valence-corrected chi connectivity index (χ2v) is 7.74. The average molecular weight is 414 g/mol. The van der Waals surface area contributed by atoms with E-state index >= 15 is 0 Å². The van der Waals surface area contributed by atoms with Gasteiger partial charge in [0.25, 0.3) is 0 Å². The predicted octanol–water partition coefficient (Wildman–Crippen LogP) is 4.89. The molecule has 0 bridgehead atoms. The quantitative estimate of drug-likeness (QED) is 0.607. The van der Waals surface area contributed by atoms with E-state index in [-0.39, 0.29) is 16.5 Å². The van der Waals surface area contributed by atoms with Gasteiger partial charge in [-0.3, -0.25) is 0 Å². The van der Waals surface area contributed by atoms with E-state index in [2.05, 4.69) is 14.8 Å². The van der Waals surface area contributed by atoms with E-state index in [0.717, 1.165) is 4.68 Å². The Hall–Kier alpha value is -2.25. The van der Waals surface area contributed by atoms with Crippen molar-refractivity contribution in [2.45, 2.75) is 46.1 Å². The fourth-order valence-electron chi connectivity index (χ4n) is 1.93. The highest BCUT2D eigenvalue weighted by Gasteiger charge is 2.24. The normalized spacial score (nSPS) is 11.3. The van der Waals surface area contributed by atoms with E-state index in [1.165, 1.54) is 12.3 Å². The molecule has 0 saturated heterocycles. The first kappa shape index (κ1) is 21.1. The van der Waals surface area contributed by atoms with Crippen LogP contribution in [0.4, 0.5) is 0 Å². The summed E-state index contributed by atoms with van der Waals surface area (Å²) in [5.74, 6) is 0.155. The monoisotopic (exact) mass is 413 g/mol. The van der Waals surface area contributed by atoms with Gasteiger partial charge in [0.05, 0.1) is 28.0 Å². The first-order valence-electron chi connectivity index (χ1n) is 8.20. The summed E-state index contributed by atoms with van der Waals surface area (Å²) in [5.41, 5.74) is -0.0217. The van der Waals surface area contributed by atoms with Crippen LogP contribution in [0, 0.1) is 0 Å². The molecule has 0 unspecified atom stereocenters. The summed E-state index contributed by atoms with van der Waals surface area (Å²) in [4.78, 5) is 12.1.